The Morgan fingerprint density at radius 2 is 0.769 bits per heavy atom. The Morgan fingerprint density at radius 1 is 0.474 bits per heavy atom. The van der Waals surface area contributed by atoms with Crippen molar-refractivity contribution >= 4 is 44.8 Å². The van der Waals surface area contributed by atoms with E-state index in [9.17, 15) is 19.8 Å². The summed E-state index contributed by atoms with van der Waals surface area (Å²) in [5.74, 6) is 0.351. The number of hydrogen-bond acceptors (Lipinski definition) is 14. The molecular weight excluding hydrogens is 1020 g/mol. The van der Waals surface area contributed by atoms with Crippen molar-refractivity contribution in [2.24, 2.45) is 0 Å². The average molecular weight is 1090 g/mol. The highest BCUT2D eigenvalue weighted by molar-refractivity contribution is 7.19. The fourth-order valence-electron chi connectivity index (χ4n) is 9.36. The number of fused-ring (bicyclic) bond motifs is 8. The van der Waals surface area contributed by atoms with Gasteiger partial charge in [-0.1, -0.05) is 154 Å². The van der Waals surface area contributed by atoms with Gasteiger partial charge >= 0.3 is 0 Å². The first-order valence-electron chi connectivity index (χ1n) is 26.1. The second-order valence-corrected chi connectivity index (χ2v) is 26.2. The molecule has 4 aromatic carbocycles. The summed E-state index contributed by atoms with van der Waals surface area (Å²) in [5, 5.41) is 50.2. The molecule has 4 N–H and O–H groups in total. The molecule has 0 fully saturated rings. The zero-order valence-corrected chi connectivity index (χ0v) is 48.1. The molecule has 78 heavy (non-hydrogen) atoms. The summed E-state index contributed by atoms with van der Waals surface area (Å²) in [7, 11) is 0. The van der Waals surface area contributed by atoms with E-state index < -0.39 is 11.8 Å². The van der Waals surface area contributed by atoms with Crippen molar-refractivity contribution in [3.05, 3.63) is 164 Å². The number of benzene rings is 4. The maximum Gasteiger partial charge on any atom is 0.264 e. The molecule has 4 aromatic heterocycles. The van der Waals surface area contributed by atoms with Gasteiger partial charge in [-0.15, -0.1) is 20.4 Å². The van der Waals surface area contributed by atoms with Crippen molar-refractivity contribution in [1.29, 1.82) is 0 Å². The van der Waals surface area contributed by atoms with Gasteiger partial charge in [0.2, 0.25) is 10.3 Å². The standard InChI is InChI=1S/C62H68N8O6S2/c1-59(2,3)45-23-37-19-41-27-47(61(7,8)9)29-43(53(41)75-33-49(71)65-57-69-67-55(77-57)35-15-13-17-63-31-35)21-39-25-46(60(4,5)6)26-40(52(39)74)22-44-30-48(62(10,11)12)28-42(20-38(24-45)51(37)73)54(44)76-34-50(72)66-58-70-68-56(78-58)36-16-14-18-64-32-36/h13-18,23-32,73-74H,19-22,33-34H2,1-12H3,(H,65,69,71)(H,66,70,72). The van der Waals surface area contributed by atoms with Crippen molar-refractivity contribution in [3.8, 4) is 44.1 Å². The molecule has 0 unspecified atom stereocenters. The van der Waals surface area contributed by atoms with E-state index in [1.165, 1.54) is 22.7 Å². The molecule has 8 bridgehead atoms. The van der Waals surface area contributed by atoms with Crippen LogP contribution in [0.4, 0.5) is 10.3 Å². The minimum Gasteiger partial charge on any atom is -0.507 e. The first kappa shape index (κ1) is 55.2. The van der Waals surface area contributed by atoms with Crippen LogP contribution in [0.15, 0.2) is 97.6 Å². The summed E-state index contributed by atoms with van der Waals surface area (Å²) in [4.78, 5) is 36.2. The highest BCUT2D eigenvalue weighted by Crippen LogP contribution is 2.44. The zero-order chi connectivity index (χ0) is 55.9. The number of aromatic nitrogens is 6. The predicted molar refractivity (Wildman–Crippen MR) is 310 cm³/mol. The summed E-state index contributed by atoms with van der Waals surface area (Å²) in [5.41, 5.74) is 10.1. The average Bonchev–Trinajstić information content (AvgIpc) is 4.04. The number of nitrogens with one attached hydrogen (secondary N) is 2. The van der Waals surface area contributed by atoms with Crippen LogP contribution in [0.25, 0.3) is 21.1 Å². The molecule has 0 saturated carbocycles. The van der Waals surface area contributed by atoms with Crippen LogP contribution in [-0.4, -0.2) is 65.6 Å². The molecule has 4 heterocycles. The van der Waals surface area contributed by atoms with E-state index in [1.807, 2.05) is 24.3 Å². The number of rotatable bonds is 10. The number of amides is 2. The van der Waals surface area contributed by atoms with Crippen molar-refractivity contribution in [2.45, 2.75) is 130 Å². The topological polar surface area (TPSA) is 194 Å². The molecule has 2 amide bonds. The van der Waals surface area contributed by atoms with Gasteiger partial charge in [0.05, 0.1) is 0 Å². The van der Waals surface area contributed by atoms with E-state index in [1.54, 1.807) is 24.8 Å². The van der Waals surface area contributed by atoms with Crippen LogP contribution in [0, 0.1) is 0 Å². The van der Waals surface area contributed by atoms with E-state index >= 15 is 0 Å². The van der Waals surface area contributed by atoms with Crippen LogP contribution >= 0.6 is 22.7 Å². The van der Waals surface area contributed by atoms with Gasteiger partial charge in [0.25, 0.3) is 11.8 Å². The van der Waals surface area contributed by atoms with Gasteiger partial charge in [0.15, 0.2) is 23.2 Å². The highest BCUT2D eigenvalue weighted by atomic mass is 32.1. The van der Waals surface area contributed by atoms with Gasteiger partial charge in [0.1, 0.15) is 23.0 Å². The molecule has 0 radical (unpaired) electrons. The summed E-state index contributed by atoms with van der Waals surface area (Å²) in [6, 6.07) is 24.1. The maximum atomic E-state index is 13.9. The number of ether oxygens (including phenoxy) is 2. The van der Waals surface area contributed by atoms with Gasteiger partial charge in [-0.25, -0.2) is 0 Å². The van der Waals surface area contributed by atoms with Crippen LogP contribution in [0.1, 0.15) is 150 Å². The van der Waals surface area contributed by atoms with Gasteiger partial charge in [-0.05, 0) is 113 Å². The van der Waals surface area contributed by atoms with Crippen LogP contribution in [0.5, 0.6) is 23.0 Å². The number of carbonyl (C=O) groups excluding carboxylic acids is 2. The molecule has 9 rings (SSSR count). The molecule has 0 saturated heterocycles. The highest BCUT2D eigenvalue weighted by Gasteiger charge is 2.29. The Kier molecular flexibility index (Phi) is 15.4. The molecule has 14 nitrogen and oxygen atoms in total. The van der Waals surface area contributed by atoms with E-state index in [-0.39, 0.29) is 72.1 Å². The third-order valence-electron chi connectivity index (χ3n) is 13.9. The number of phenolic OH excluding ortho intramolecular Hbond substituents is 2. The van der Waals surface area contributed by atoms with Crippen LogP contribution in [0.2, 0.25) is 0 Å². The summed E-state index contributed by atoms with van der Waals surface area (Å²) in [6.07, 6.45) is 7.72. The number of pyridine rings is 2. The zero-order valence-electron chi connectivity index (χ0n) is 46.5. The number of phenols is 2. The fourth-order valence-corrected chi connectivity index (χ4v) is 10.9. The largest absolute Gasteiger partial charge is 0.507 e. The number of nitrogens with zero attached hydrogens (tertiary/aromatic N) is 6. The van der Waals surface area contributed by atoms with E-state index in [0.717, 1.165) is 55.6 Å². The quantitative estimate of drug-likeness (QED) is 0.101. The minimum absolute atomic E-state index is 0.118. The molecular formula is C62H68N8O6S2. The van der Waals surface area contributed by atoms with Crippen molar-refractivity contribution in [1.82, 2.24) is 30.4 Å². The molecule has 0 aliphatic heterocycles. The van der Waals surface area contributed by atoms with Crippen molar-refractivity contribution < 1.29 is 29.3 Å². The van der Waals surface area contributed by atoms with Crippen LogP contribution in [-0.2, 0) is 56.9 Å². The SMILES string of the molecule is CC(C)(C)c1cc2c(O)c(c1)Cc1cc(C(C)(C)C)cc(c1OCC(=O)Nc1nnc(-c3cccnc3)s1)Cc1cc(C(C)(C)C)cc(c1O)Cc1cc(C(C)(C)C)cc(c1OCC(=O)Nc1nnc(-c3cccnc3)s1)C2. The smallest absolute Gasteiger partial charge is 0.264 e. The summed E-state index contributed by atoms with van der Waals surface area (Å²) in [6.45, 7) is 25.1. The lowest BCUT2D eigenvalue weighted by Crippen LogP contribution is -2.22. The van der Waals surface area contributed by atoms with Gasteiger partial charge < -0.3 is 19.7 Å². The predicted octanol–water partition coefficient (Wildman–Crippen LogP) is 12.8. The van der Waals surface area contributed by atoms with Gasteiger partial charge in [-0.2, -0.15) is 0 Å². The number of aromatic hydroxyl groups is 2. The third-order valence-corrected chi connectivity index (χ3v) is 15.6. The van der Waals surface area contributed by atoms with Crippen molar-refractivity contribution in [2.75, 3.05) is 23.8 Å². The Morgan fingerprint density at radius 3 is 1.04 bits per heavy atom. The van der Waals surface area contributed by atoms with Gasteiger partial charge in [-0.3, -0.25) is 30.2 Å². The van der Waals surface area contributed by atoms with Crippen LogP contribution in [0.3, 0.4) is 0 Å². The molecule has 8 aromatic rings. The fraction of sp³-hybridized carbons (Fsp3) is 0.355. The van der Waals surface area contributed by atoms with E-state index in [2.05, 4.69) is 173 Å². The lowest BCUT2D eigenvalue weighted by atomic mass is 9.79. The van der Waals surface area contributed by atoms with Crippen LogP contribution < -0.4 is 20.1 Å². The lowest BCUT2D eigenvalue weighted by Gasteiger charge is -2.28. The Hall–Kier alpha value is -7.56. The third kappa shape index (κ3) is 12.7. The molecule has 404 valence electrons. The molecule has 16 heteroatoms. The number of anilines is 2. The maximum absolute atomic E-state index is 13.9. The second-order valence-electron chi connectivity index (χ2n) is 24.2. The first-order valence-corrected chi connectivity index (χ1v) is 27.8. The monoisotopic (exact) mass is 1080 g/mol. The Labute approximate surface area is 464 Å². The molecule has 0 spiro atoms. The molecule has 0 atom stereocenters. The minimum atomic E-state index is -0.427. The molecule has 1 aliphatic carbocycles. The van der Waals surface area contributed by atoms with Gasteiger partial charge in [0, 0.05) is 61.6 Å². The normalized spacial score (nSPS) is 13.0. The lowest BCUT2D eigenvalue weighted by molar-refractivity contribution is -0.118. The Bertz CT molecular complexity index is 3200. The first-order chi connectivity index (χ1) is 36.8. The Balaban J connectivity index is 1.19. The van der Waals surface area contributed by atoms with Crippen molar-refractivity contribution in [3.63, 3.8) is 0 Å². The van der Waals surface area contributed by atoms with E-state index in [0.29, 0.717) is 54.0 Å². The number of carbonyl (C=O) groups is 2. The molecule has 1 aliphatic rings. The number of hydrogen-bond donors (Lipinski definition) is 4. The summed E-state index contributed by atoms with van der Waals surface area (Å²) < 4.78 is 13.5. The second kappa shape index (κ2) is 21.7. The summed E-state index contributed by atoms with van der Waals surface area (Å²) >= 11 is 2.48. The van der Waals surface area contributed by atoms with E-state index in [4.69, 9.17) is 9.47 Å².